The molecule has 2 fully saturated rings. The van der Waals surface area contributed by atoms with Crippen molar-refractivity contribution in [2.24, 2.45) is 23.7 Å². The van der Waals surface area contributed by atoms with Crippen LogP contribution in [0.25, 0.3) is 22.2 Å². The number of amides is 2. The lowest BCUT2D eigenvalue weighted by molar-refractivity contribution is -0.123. The highest BCUT2D eigenvalue weighted by atomic mass is 79.9. The fourth-order valence-electron chi connectivity index (χ4n) is 7.41. The van der Waals surface area contributed by atoms with Gasteiger partial charge in [0.05, 0.1) is 34.3 Å². The van der Waals surface area contributed by atoms with Crippen molar-refractivity contribution in [3.05, 3.63) is 105 Å². The fourth-order valence-corrected chi connectivity index (χ4v) is 8.11. The summed E-state index contributed by atoms with van der Waals surface area (Å²) in [6.07, 6.45) is 2.66. The lowest BCUT2D eigenvalue weighted by Gasteiger charge is -2.19. The Kier molecular flexibility index (Phi) is 7.68. The Bertz CT molecular complexity index is 2010. The number of aryl methyl sites for hydroxylation is 1. The topological polar surface area (TPSA) is 93.6 Å². The lowest BCUT2D eigenvalue weighted by Crippen LogP contribution is -2.32. The van der Waals surface area contributed by atoms with Crippen LogP contribution in [-0.2, 0) is 20.7 Å². The Balaban J connectivity index is 1.22. The average molecular weight is 698 g/mol. The number of carbonyl (C=O) groups excluding carboxylic acids is 4. The number of aromatic nitrogens is 1. The van der Waals surface area contributed by atoms with E-state index in [1.165, 1.54) is 17.4 Å². The van der Waals surface area contributed by atoms with E-state index >= 15 is 0 Å². The Labute approximate surface area is 279 Å². The summed E-state index contributed by atoms with van der Waals surface area (Å²) in [5, 5.41) is 1.01. The Morgan fingerprint density at radius 1 is 1.04 bits per heavy atom. The zero-order valence-electron chi connectivity index (χ0n) is 25.4. The Morgan fingerprint density at radius 2 is 1.78 bits per heavy atom. The third-order valence-electron chi connectivity index (χ3n) is 9.62. The first-order chi connectivity index (χ1) is 22.0. The van der Waals surface area contributed by atoms with Gasteiger partial charge in [0.25, 0.3) is 0 Å². The number of hydrogen-bond acceptors (Lipinski definition) is 6. The molecule has 46 heavy (non-hydrogen) atoms. The van der Waals surface area contributed by atoms with Crippen LogP contribution in [0.2, 0.25) is 5.02 Å². The second-order valence-corrected chi connectivity index (χ2v) is 13.7. The molecule has 5 unspecified atom stereocenters. The number of carbonyl (C=O) groups is 4. The molecule has 2 aliphatic carbocycles. The first kappa shape index (κ1) is 30.5. The molecule has 7 nitrogen and oxygen atoms in total. The SMILES string of the molecule is CCc1cc(Br)cc2c(C(=O)OC(C)C(=O)c3cccc(Cl)c3)cc(-c3ccc(N4C(=O)C5C6C=C(C)C(C6)C5C4=O)cc3)nc12. The number of rotatable bonds is 7. The minimum Gasteiger partial charge on any atom is -0.451 e. The van der Waals surface area contributed by atoms with Crippen LogP contribution in [-0.4, -0.2) is 34.7 Å². The lowest BCUT2D eigenvalue weighted by atomic mass is 9.82. The highest BCUT2D eigenvalue weighted by Gasteiger charge is 2.60. The maximum Gasteiger partial charge on any atom is 0.339 e. The van der Waals surface area contributed by atoms with Crippen molar-refractivity contribution in [1.29, 1.82) is 0 Å². The summed E-state index contributed by atoms with van der Waals surface area (Å²) in [4.78, 5) is 60.0. The van der Waals surface area contributed by atoms with Gasteiger partial charge in [-0.3, -0.25) is 19.3 Å². The molecule has 1 aliphatic heterocycles. The molecule has 3 aromatic carbocycles. The summed E-state index contributed by atoms with van der Waals surface area (Å²) >= 11 is 9.63. The van der Waals surface area contributed by atoms with Gasteiger partial charge in [-0.15, -0.1) is 0 Å². The highest BCUT2D eigenvalue weighted by Crippen LogP contribution is 2.56. The number of allylic oxidation sites excluding steroid dienone is 2. The van der Waals surface area contributed by atoms with Crippen molar-refractivity contribution in [2.45, 2.75) is 39.7 Å². The van der Waals surface area contributed by atoms with E-state index in [1.807, 2.05) is 19.1 Å². The van der Waals surface area contributed by atoms with E-state index in [2.05, 4.69) is 28.9 Å². The molecule has 1 saturated heterocycles. The Hall–Kier alpha value is -4.14. The van der Waals surface area contributed by atoms with Crippen LogP contribution >= 0.6 is 27.5 Å². The van der Waals surface area contributed by atoms with E-state index in [1.54, 1.807) is 54.6 Å². The first-order valence-electron chi connectivity index (χ1n) is 15.4. The number of ether oxygens (including phenoxy) is 1. The third-order valence-corrected chi connectivity index (χ3v) is 10.3. The summed E-state index contributed by atoms with van der Waals surface area (Å²) in [5.41, 5.74) is 5.14. The van der Waals surface area contributed by atoms with Gasteiger partial charge in [0.2, 0.25) is 17.6 Å². The number of hydrogen-bond donors (Lipinski definition) is 0. The largest absolute Gasteiger partial charge is 0.451 e. The van der Waals surface area contributed by atoms with Crippen molar-refractivity contribution in [2.75, 3.05) is 4.90 Å². The zero-order chi connectivity index (χ0) is 32.4. The van der Waals surface area contributed by atoms with Gasteiger partial charge < -0.3 is 4.74 Å². The number of imide groups is 1. The number of Topliss-reactive ketones (excluding diaryl/α,β-unsaturated/α-hetero) is 1. The predicted molar refractivity (Wildman–Crippen MR) is 180 cm³/mol. The van der Waals surface area contributed by atoms with E-state index in [4.69, 9.17) is 21.3 Å². The van der Waals surface area contributed by atoms with E-state index < -0.39 is 12.1 Å². The molecule has 0 radical (unpaired) electrons. The molecule has 2 heterocycles. The van der Waals surface area contributed by atoms with E-state index in [9.17, 15) is 19.2 Å². The van der Waals surface area contributed by atoms with Gasteiger partial charge in [-0.05, 0) is 86.6 Å². The zero-order valence-corrected chi connectivity index (χ0v) is 27.8. The van der Waals surface area contributed by atoms with Crippen molar-refractivity contribution in [3.63, 3.8) is 0 Å². The minimum absolute atomic E-state index is 0.129. The van der Waals surface area contributed by atoms with E-state index in [0.29, 0.717) is 44.9 Å². The molecule has 1 aromatic heterocycles. The number of anilines is 1. The smallest absolute Gasteiger partial charge is 0.339 e. The Morgan fingerprint density at radius 3 is 2.50 bits per heavy atom. The molecule has 4 aromatic rings. The molecule has 0 N–H and O–H groups in total. The number of esters is 1. The molecular formula is C37H30BrClN2O5. The molecular weight excluding hydrogens is 668 g/mol. The standard InChI is InChI=1S/C37H30BrClN2O5/c1-4-20-13-24(38)16-28-29(37(45)46-19(3)34(42)22-6-5-7-25(39)14-22)17-30(40-33(20)28)21-8-10-26(11-9-21)41-35(43)31-23-12-18(2)27(15-23)32(31)36(41)44/h5-14,16-17,19,23,27,31-32H,4,15H2,1-3H3. The molecule has 1 saturated carbocycles. The third kappa shape index (κ3) is 4.99. The van der Waals surface area contributed by atoms with Gasteiger partial charge in [0.15, 0.2) is 6.10 Å². The van der Waals surface area contributed by atoms with Gasteiger partial charge in [-0.25, -0.2) is 9.78 Å². The average Bonchev–Trinajstić information content (AvgIpc) is 3.69. The molecule has 2 bridgehead atoms. The summed E-state index contributed by atoms with van der Waals surface area (Å²) < 4.78 is 6.51. The molecule has 3 aliphatic rings. The number of benzene rings is 3. The summed E-state index contributed by atoms with van der Waals surface area (Å²) in [7, 11) is 0. The van der Waals surface area contributed by atoms with Crippen LogP contribution < -0.4 is 4.90 Å². The van der Waals surface area contributed by atoms with E-state index in [-0.39, 0.29) is 46.8 Å². The van der Waals surface area contributed by atoms with Crippen LogP contribution in [0.5, 0.6) is 0 Å². The van der Waals surface area contributed by atoms with Crippen molar-refractivity contribution < 1.29 is 23.9 Å². The van der Waals surface area contributed by atoms with Crippen LogP contribution in [0, 0.1) is 23.7 Å². The van der Waals surface area contributed by atoms with Gasteiger partial charge in [-0.1, -0.05) is 70.4 Å². The molecule has 232 valence electrons. The number of fused-ring (bicyclic) bond motifs is 6. The van der Waals surface area contributed by atoms with Crippen LogP contribution in [0.1, 0.15) is 53.5 Å². The van der Waals surface area contributed by atoms with Crippen LogP contribution in [0.4, 0.5) is 5.69 Å². The van der Waals surface area contributed by atoms with E-state index in [0.717, 1.165) is 16.5 Å². The van der Waals surface area contributed by atoms with Gasteiger partial charge in [-0.2, -0.15) is 0 Å². The fraction of sp³-hybridized carbons (Fsp3) is 0.270. The highest BCUT2D eigenvalue weighted by molar-refractivity contribution is 9.10. The van der Waals surface area contributed by atoms with Crippen LogP contribution in [0.15, 0.2) is 82.9 Å². The number of nitrogens with zero attached hydrogens (tertiary/aromatic N) is 2. The van der Waals surface area contributed by atoms with Gasteiger partial charge in [0, 0.05) is 26.0 Å². The molecule has 9 heteroatoms. The normalized spacial score (nSPS) is 22.3. The summed E-state index contributed by atoms with van der Waals surface area (Å²) in [6, 6.07) is 19.1. The molecule has 2 amide bonds. The summed E-state index contributed by atoms with van der Waals surface area (Å²) in [6.45, 7) is 5.60. The summed E-state index contributed by atoms with van der Waals surface area (Å²) in [5.74, 6) is -1.57. The first-order valence-corrected chi connectivity index (χ1v) is 16.5. The van der Waals surface area contributed by atoms with Crippen molar-refractivity contribution in [3.8, 4) is 11.3 Å². The maximum atomic E-state index is 13.7. The van der Waals surface area contributed by atoms with Crippen molar-refractivity contribution in [1.82, 2.24) is 4.98 Å². The van der Waals surface area contributed by atoms with Gasteiger partial charge in [0.1, 0.15) is 0 Å². The second-order valence-electron chi connectivity index (χ2n) is 12.3. The predicted octanol–water partition coefficient (Wildman–Crippen LogP) is 8.01. The van der Waals surface area contributed by atoms with Crippen LogP contribution in [0.3, 0.4) is 0 Å². The molecule has 0 spiro atoms. The quantitative estimate of drug-likeness (QED) is 0.0841. The number of halogens is 2. The monoisotopic (exact) mass is 696 g/mol. The number of pyridine rings is 1. The van der Waals surface area contributed by atoms with Gasteiger partial charge >= 0.3 is 5.97 Å². The molecule has 7 rings (SSSR count). The number of ketones is 1. The molecule has 5 atom stereocenters. The van der Waals surface area contributed by atoms with Crippen molar-refractivity contribution >= 4 is 67.7 Å². The second kappa shape index (κ2) is 11.6. The maximum absolute atomic E-state index is 13.7. The minimum atomic E-state index is -1.06.